The van der Waals surface area contributed by atoms with E-state index in [1.54, 1.807) is 0 Å². The molecule has 0 aromatic carbocycles. The van der Waals surface area contributed by atoms with Gasteiger partial charge in [0.15, 0.2) is 0 Å². The predicted molar refractivity (Wildman–Crippen MR) is 22.7 cm³/mol. The van der Waals surface area contributed by atoms with E-state index in [1.807, 2.05) is 0 Å². The molecule has 0 spiro atoms. The summed E-state index contributed by atoms with van der Waals surface area (Å²) >= 11 is -0.590. The quantitative estimate of drug-likeness (QED) is 0.560. The van der Waals surface area contributed by atoms with Gasteiger partial charge in [0.05, 0.1) is 0 Å². The molecule has 0 amide bonds. The molecule has 0 heterocycles. The summed E-state index contributed by atoms with van der Waals surface area (Å²) in [6.45, 7) is 0. The molecule has 9 heavy (non-hydrogen) atoms. The van der Waals surface area contributed by atoms with E-state index in [-0.39, 0.29) is 0 Å². The van der Waals surface area contributed by atoms with Crippen molar-refractivity contribution in [2.45, 2.75) is 5.92 Å². The van der Waals surface area contributed by atoms with Gasteiger partial charge in [-0.2, -0.15) is 0 Å². The summed E-state index contributed by atoms with van der Waals surface area (Å²) in [7, 11) is -5.28. The van der Waals surface area contributed by atoms with Gasteiger partial charge in [-0.25, -0.2) is 0 Å². The molecule has 0 fully saturated rings. The molecule has 0 aliphatic carbocycles. The molecule has 0 aromatic heterocycles. The van der Waals surface area contributed by atoms with Crippen LogP contribution in [-0.4, -0.2) is 37.0 Å². The van der Waals surface area contributed by atoms with Crippen molar-refractivity contribution in [3.05, 3.63) is 0 Å². The Hall–Kier alpha value is 0.862. The van der Waals surface area contributed by atoms with Crippen molar-refractivity contribution in [3.63, 3.8) is 0 Å². The Balaban J connectivity index is 4.35. The van der Waals surface area contributed by atoms with Gasteiger partial charge < -0.3 is 0 Å². The van der Waals surface area contributed by atoms with Gasteiger partial charge in [0.1, 0.15) is 0 Å². The first-order valence-corrected chi connectivity index (χ1v) is 5.00. The fourth-order valence-corrected chi connectivity index (χ4v) is 1.57. The van der Waals surface area contributed by atoms with Crippen LogP contribution in [0.2, 0.25) is 0 Å². The second-order valence-electron chi connectivity index (χ2n) is 1.09. The van der Waals surface area contributed by atoms with Crippen LogP contribution in [0.15, 0.2) is 0 Å². The van der Waals surface area contributed by atoms with Crippen LogP contribution in [0.1, 0.15) is 0 Å². The van der Waals surface area contributed by atoms with Gasteiger partial charge in [-0.15, -0.1) is 0 Å². The van der Waals surface area contributed by atoms with Crippen molar-refractivity contribution < 1.29 is 25.1 Å². The molecular formula is CHF3O3PTl. The summed E-state index contributed by atoms with van der Waals surface area (Å²) in [6, 6.07) is 0. The standard InChI is InChI=1S/CH2F3O3P.Tl/c2-1(3,4)8(5,6)7;/h(H2,5,6,7);/q;+1/p-1. The fraction of sp³-hybridized carbons (Fsp3) is 1.00. The van der Waals surface area contributed by atoms with E-state index < -0.39 is 39.7 Å². The molecule has 1 atom stereocenters. The maximum atomic E-state index is 11.2. The minimum atomic E-state index is -5.28. The SMILES string of the molecule is O=P(O)([O][Tl])C(F)(F)F. The number of alkyl halides is 3. The molecule has 0 radical (unpaired) electrons. The Morgan fingerprint density at radius 2 is 1.89 bits per heavy atom. The number of hydrogen-bond donors (Lipinski definition) is 1. The third-order valence-electron chi connectivity index (χ3n) is 0.463. The number of halogens is 3. The van der Waals surface area contributed by atoms with E-state index in [1.165, 1.54) is 0 Å². The zero-order valence-corrected chi connectivity index (χ0v) is 9.31. The van der Waals surface area contributed by atoms with Gasteiger partial charge in [-0.3, -0.25) is 0 Å². The third kappa shape index (κ3) is 2.52. The fourth-order valence-electron chi connectivity index (χ4n) is 0.0598. The van der Waals surface area contributed by atoms with Crippen LogP contribution in [0, 0.1) is 0 Å². The molecule has 0 rings (SSSR count). The van der Waals surface area contributed by atoms with Gasteiger partial charge in [0.2, 0.25) is 0 Å². The molecule has 1 N–H and O–H groups in total. The zero-order chi connectivity index (χ0) is 7.71. The molecule has 0 saturated carbocycles. The first-order chi connectivity index (χ1) is 3.81. The summed E-state index contributed by atoms with van der Waals surface area (Å²) in [4.78, 5) is 7.91. The molecule has 0 aliphatic rings. The van der Waals surface area contributed by atoms with Crippen LogP contribution in [-0.2, 0) is 7.04 Å². The van der Waals surface area contributed by atoms with Crippen molar-refractivity contribution in [3.8, 4) is 0 Å². The van der Waals surface area contributed by atoms with E-state index >= 15 is 0 Å². The van der Waals surface area contributed by atoms with E-state index in [0.29, 0.717) is 0 Å². The second-order valence-corrected chi connectivity index (χ2v) is 5.31. The Morgan fingerprint density at radius 1 is 1.56 bits per heavy atom. The van der Waals surface area contributed by atoms with Crippen LogP contribution in [0.5, 0.6) is 0 Å². The minimum absolute atomic E-state index is 0.590. The van der Waals surface area contributed by atoms with Crippen LogP contribution in [0.25, 0.3) is 0 Å². The van der Waals surface area contributed by atoms with Crippen molar-refractivity contribution >= 4 is 33.8 Å². The van der Waals surface area contributed by atoms with Crippen LogP contribution in [0.3, 0.4) is 0 Å². The third-order valence-corrected chi connectivity index (χ3v) is 4.72. The van der Waals surface area contributed by atoms with Gasteiger partial charge in [0.25, 0.3) is 0 Å². The molecule has 8 heteroatoms. The van der Waals surface area contributed by atoms with Crippen LogP contribution in [0.4, 0.5) is 13.2 Å². The number of rotatable bonds is 1. The second kappa shape index (κ2) is 2.85. The van der Waals surface area contributed by atoms with Crippen molar-refractivity contribution in [2.24, 2.45) is 0 Å². The zero-order valence-electron chi connectivity index (χ0n) is 3.92. The Labute approximate surface area is 65.1 Å². The maximum absolute atomic E-state index is 11.2. The Kier molecular flexibility index (Phi) is 3.12. The number of hydrogen-bond acceptors (Lipinski definition) is 2. The van der Waals surface area contributed by atoms with E-state index in [9.17, 15) is 17.7 Å². The van der Waals surface area contributed by atoms with Crippen LogP contribution >= 0.6 is 7.60 Å². The van der Waals surface area contributed by atoms with E-state index in [2.05, 4.69) is 2.47 Å². The first-order valence-electron chi connectivity index (χ1n) is 1.59. The molecule has 1 unspecified atom stereocenters. The first kappa shape index (κ1) is 9.86. The topological polar surface area (TPSA) is 46.5 Å². The van der Waals surface area contributed by atoms with Gasteiger partial charge in [-0.1, -0.05) is 0 Å². The summed E-state index contributed by atoms with van der Waals surface area (Å²) in [6.07, 6.45) is 0. The average molecular weight is 353 g/mol. The van der Waals surface area contributed by atoms with Crippen molar-refractivity contribution in [1.82, 2.24) is 0 Å². The summed E-state index contributed by atoms with van der Waals surface area (Å²) in [5.41, 5.74) is 0. The molecular weight excluding hydrogens is 352 g/mol. The predicted octanol–water partition coefficient (Wildman–Crippen LogP) is 0.792. The van der Waals surface area contributed by atoms with Gasteiger partial charge in [0, 0.05) is 0 Å². The monoisotopic (exact) mass is 354 g/mol. The molecule has 0 bridgehead atoms. The summed E-state index contributed by atoms with van der Waals surface area (Å²) in [5.74, 6) is -5.12. The normalized spacial score (nSPS) is 19.0. The molecule has 3 nitrogen and oxygen atoms in total. The van der Waals surface area contributed by atoms with E-state index in [4.69, 9.17) is 4.89 Å². The van der Waals surface area contributed by atoms with Crippen molar-refractivity contribution in [2.75, 3.05) is 0 Å². The summed E-state index contributed by atoms with van der Waals surface area (Å²) < 4.78 is 47.0. The molecule has 0 aromatic rings. The average Bonchev–Trinajstić information content (AvgIpc) is 1.64. The summed E-state index contributed by atoms with van der Waals surface area (Å²) in [5, 5.41) is 0. The van der Waals surface area contributed by atoms with Gasteiger partial charge >= 0.3 is 64.8 Å². The Morgan fingerprint density at radius 3 is 1.89 bits per heavy atom. The molecule has 0 saturated heterocycles. The van der Waals surface area contributed by atoms with Gasteiger partial charge in [-0.05, 0) is 0 Å². The van der Waals surface area contributed by atoms with Crippen LogP contribution < -0.4 is 0 Å². The van der Waals surface area contributed by atoms with Crippen molar-refractivity contribution in [1.29, 1.82) is 0 Å². The molecule has 0 aliphatic heterocycles. The molecule has 52 valence electrons. The van der Waals surface area contributed by atoms with E-state index in [0.717, 1.165) is 0 Å². The Bertz CT molecular complexity index is 142.